The topological polar surface area (TPSA) is 69.1 Å². The van der Waals surface area contributed by atoms with E-state index in [1.54, 1.807) is 0 Å². The monoisotopic (exact) mass is 493 g/mol. The van der Waals surface area contributed by atoms with E-state index in [9.17, 15) is 4.79 Å². The fourth-order valence-electron chi connectivity index (χ4n) is 4.50. The second-order valence-electron chi connectivity index (χ2n) is 8.69. The van der Waals surface area contributed by atoms with Gasteiger partial charge in [0, 0.05) is 28.7 Å². The molecule has 0 unspecified atom stereocenters. The molecule has 7 heteroatoms. The van der Waals surface area contributed by atoms with Crippen molar-refractivity contribution in [3.63, 3.8) is 0 Å². The molecule has 0 saturated carbocycles. The number of nitrogens with zero attached hydrogens (tertiary/aromatic N) is 2. The summed E-state index contributed by atoms with van der Waals surface area (Å²) in [6.45, 7) is 9.58. The summed E-state index contributed by atoms with van der Waals surface area (Å²) in [4.78, 5) is 16.2. The molecule has 0 radical (unpaired) electrons. The van der Waals surface area contributed by atoms with E-state index in [4.69, 9.17) is 21.1 Å². The van der Waals surface area contributed by atoms with Crippen LogP contribution in [0.3, 0.4) is 0 Å². The van der Waals surface area contributed by atoms with Gasteiger partial charge in [-0.2, -0.15) is 5.10 Å². The molecule has 0 spiro atoms. The lowest BCUT2D eigenvalue weighted by Crippen LogP contribution is -2.09. The predicted molar refractivity (Wildman–Crippen MR) is 141 cm³/mol. The highest BCUT2D eigenvalue weighted by Gasteiger charge is 2.21. The molecule has 0 atom stereocenters. The Labute approximate surface area is 211 Å². The van der Waals surface area contributed by atoms with Gasteiger partial charge in [0.05, 0.1) is 24.4 Å². The Morgan fingerprint density at radius 2 is 1.91 bits per heavy atom. The molecule has 35 heavy (non-hydrogen) atoms. The van der Waals surface area contributed by atoms with Gasteiger partial charge in [0.15, 0.2) is 0 Å². The van der Waals surface area contributed by atoms with Gasteiger partial charge >= 0.3 is 5.97 Å². The molecule has 0 saturated heterocycles. The van der Waals surface area contributed by atoms with Crippen LogP contribution in [0.2, 0.25) is 5.02 Å². The number of benzene rings is 2. The highest BCUT2D eigenvalue weighted by molar-refractivity contribution is 6.32. The summed E-state index contributed by atoms with van der Waals surface area (Å²) >= 11 is 6.28. The smallest absolute Gasteiger partial charge is 0.355 e. The molecule has 2 heterocycles. The van der Waals surface area contributed by atoms with Crippen molar-refractivity contribution in [2.45, 2.75) is 53.5 Å². The van der Waals surface area contributed by atoms with Crippen LogP contribution in [0.1, 0.15) is 53.9 Å². The van der Waals surface area contributed by atoms with Crippen molar-refractivity contribution in [1.29, 1.82) is 0 Å². The first-order valence-electron chi connectivity index (χ1n) is 12.2. The van der Waals surface area contributed by atoms with Crippen molar-refractivity contribution in [3.8, 4) is 17.0 Å². The van der Waals surface area contributed by atoms with Gasteiger partial charge < -0.3 is 14.5 Å². The van der Waals surface area contributed by atoms with Gasteiger partial charge in [-0.25, -0.2) is 4.79 Å². The molecule has 2 aromatic heterocycles. The lowest BCUT2D eigenvalue weighted by Gasteiger charge is -2.10. The molecular formula is C28H32ClN3O3. The number of H-pyrrole nitrogens is 1. The number of aromatic nitrogens is 3. The van der Waals surface area contributed by atoms with Crippen LogP contribution >= 0.6 is 11.6 Å². The van der Waals surface area contributed by atoms with Gasteiger partial charge in [-0.3, -0.25) is 4.68 Å². The number of rotatable bonds is 10. The molecule has 1 N–H and O–H groups in total. The van der Waals surface area contributed by atoms with E-state index in [-0.39, 0.29) is 5.97 Å². The van der Waals surface area contributed by atoms with Crippen molar-refractivity contribution in [1.82, 2.24) is 14.8 Å². The highest BCUT2D eigenvalue weighted by atomic mass is 35.5. The molecule has 6 nitrogen and oxygen atoms in total. The molecule has 4 rings (SSSR count). The minimum absolute atomic E-state index is 0.322. The van der Waals surface area contributed by atoms with E-state index in [1.165, 1.54) is 0 Å². The number of aromatic amines is 1. The summed E-state index contributed by atoms with van der Waals surface area (Å²) in [6.07, 6.45) is 4.23. The first-order valence-corrected chi connectivity index (χ1v) is 12.5. The number of esters is 1. The molecule has 0 aliphatic heterocycles. The number of fused-ring (bicyclic) bond motifs is 1. The van der Waals surface area contributed by atoms with Crippen LogP contribution in [-0.4, -0.2) is 33.9 Å². The SMILES string of the molecule is CCCn1nccc1-c1cccc2c(CCCOc3cc(C)c(Cl)c(C)c3)c(C(=O)OCC)[nH]c12. The number of nitrogens with one attached hydrogen (secondary N) is 1. The summed E-state index contributed by atoms with van der Waals surface area (Å²) in [7, 11) is 0. The second-order valence-corrected chi connectivity index (χ2v) is 9.07. The molecule has 0 bridgehead atoms. The summed E-state index contributed by atoms with van der Waals surface area (Å²) in [5, 5.41) is 6.27. The van der Waals surface area contributed by atoms with Gasteiger partial charge in [0.2, 0.25) is 0 Å². The normalized spacial score (nSPS) is 11.2. The molecule has 184 valence electrons. The molecule has 0 fully saturated rings. The Bertz CT molecular complexity index is 1320. The molecule has 0 amide bonds. The average Bonchev–Trinajstić information content (AvgIpc) is 3.45. The molecule has 0 aliphatic carbocycles. The Kier molecular flexibility index (Phi) is 7.81. The zero-order valence-electron chi connectivity index (χ0n) is 20.8. The molecule has 4 aromatic rings. The summed E-state index contributed by atoms with van der Waals surface area (Å²) in [5.41, 5.74) is 6.43. The van der Waals surface area contributed by atoms with Crippen LogP contribution in [-0.2, 0) is 17.7 Å². The van der Waals surface area contributed by atoms with E-state index >= 15 is 0 Å². The van der Waals surface area contributed by atoms with Crippen LogP contribution in [0.15, 0.2) is 42.6 Å². The van der Waals surface area contributed by atoms with Crippen LogP contribution in [0.5, 0.6) is 5.75 Å². The Hall–Kier alpha value is -3.25. The van der Waals surface area contributed by atoms with Gasteiger partial charge in [-0.1, -0.05) is 36.7 Å². The van der Waals surface area contributed by atoms with Gasteiger partial charge in [-0.05, 0) is 74.9 Å². The standard InChI is InChI=1S/C28H32ClN3O3/c1-5-14-32-24(12-13-30-32)23-10-7-9-21-22(27(31-26(21)23)28(33)34-6-2)11-8-15-35-20-16-18(3)25(29)19(4)17-20/h7,9-10,12-13,16-17,31H,5-6,8,11,14-15H2,1-4H3. The number of ether oxygens (including phenoxy) is 2. The van der Waals surface area contributed by atoms with Crippen molar-refractivity contribution in [2.75, 3.05) is 13.2 Å². The molecular weight excluding hydrogens is 462 g/mol. The Morgan fingerprint density at radius 3 is 2.63 bits per heavy atom. The quantitative estimate of drug-likeness (QED) is 0.193. The van der Waals surface area contributed by atoms with Gasteiger partial charge in [0.1, 0.15) is 11.4 Å². The maximum Gasteiger partial charge on any atom is 0.355 e. The largest absolute Gasteiger partial charge is 0.494 e. The van der Waals surface area contributed by atoms with E-state index in [1.807, 2.05) is 55.9 Å². The van der Waals surface area contributed by atoms with Crippen molar-refractivity contribution >= 4 is 28.5 Å². The van der Waals surface area contributed by atoms with Crippen molar-refractivity contribution in [3.05, 3.63) is 70.0 Å². The highest BCUT2D eigenvalue weighted by Crippen LogP contribution is 2.33. The molecule has 2 aromatic carbocycles. The summed E-state index contributed by atoms with van der Waals surface area (Å²) < 4.78 is 13.4. The van der Waals surface area contributed by atoms with Crippen molar-refractivity contribution < 1.29 is 14.3 Å². The number of hydrogen-bond acceptors (Lipinski definition) is 4. The fraction of sp³-hybridized carbons (Fsp3) is 0.357. The first-order chi connectivity index (χ1) is 16.9. The third-order valence-corrected chi connectivity index (χ3v) is 6.69. The second kappa shape index (κ2) is 11.0. The maximum atomic E-state index is 12.8. The number of halogens is 1. The van der Waals surface area contributed by atoms with E-state index < -0.39 is 0 Å². The van der Waals surface area contributed by atoms with Crippen LogP contribution in [0.4, 0.5) is 0 Å². The fourth-order valence-corrected chi connectivity index (χ4v) is 4.61. The summed E-state index contributed by atoms with van der Waals surface area (Å²) in [6, 6.07) is 12.1. The van der Waals surface area contributed by atoms with Gasteiger partial charge in [-0.15, -0.1) is 0 Å². The van der Waals surface area contributed by atoms with Crippen LogP contribution in [0, 0.1) is 13.8 Å². The van der Waals surface area contributed by atoms with Gasteiger partial charge in [0.25, 0.3) is 0 Å². The van der Waals surface area contributed by atoms with E-state index in [0.29, 0.717) is 25.3 Å². The van der Waals surface area contributed by atoms with E-state index in [2.05, 4.69) is 29.1 Å². The molecule has 0 aliphatic rings. The lowest BCUT2D eigenvalue weighted by atomic mass is 10.0. The first kappa shape index (κ1) is 24.9. The van der Waals surface area contributed by atoms with Crippen molar-refractivity contribution in [2.24, 2.45) is 0 Å². The Balaban J connectivity index is 1.62. The minimum atomic E-state index is -0.336. The maximum absolute atomic E-state index is 12.8. The Morgan fingerprint density at radius 1 is 1.14 bits per heavy atom. The number of para-hydroxylation sites is 1. The number of aryl methyl sites for hydroxylation is 4. The lowest BCUT2D eigenvalue weighted by molar-refractivity contribution is 0.0519. The number of carbonyl (C=O) groups is 1. The third kappa shape index (κ3) is 5.22. The van der Waals surface area contributed by atoms with Crippen LogP contribution < -0.4 is 4.74 Å². The predicted octanol–water partition coefficient (Wildman–Crippen LogP) is 6.90. The zero-order valence-corrected chi connectivity index (χ0v) is 21.5. The van der Waals surface area contributed by atoms with Crippen LogP contribution in [0.25, 0.3) is 22.2 Å². The average molecular weight is 494 g/mol. The number of hydrogen-bond donors (Lipinski definition) is 1. The zero-order chi connectivity index (χ0) is 24.9. The third-order valence-electron chi connectivity index (χ3n) is 6.10. The number of carbonyl (C=O) groups excluding carboxylic acids is 1. The van der Waals surface area contributed by atoms with E-state index in [0.717, 1.165) is 69.0 Å². The minimum Gasteiger partial charge on any atom is -0.494 e. The summed E-state index contributed by atoms with van der Waals surface area (Å²) in [5.74, 6) is 0.469.